The zero-order chi connectivity index (χ0) is 22.1. The molecule has 0 aliphatic heterocycles. The molecule has 30 heavy (non-hydrogen) atoms. The van der Waals surface area contributed by atoms with Crippen molar-refractivity contribution in [2.45, 2.75) is 26.6 Å². The van der Waals surface area contributed by atoms with Crippen molar-refractivity contribution in [2.24, 2.45) is 0 Å². The minimum absolute atomic E-state index is 0.0117. The van der Waals surface area contributed by atoms with Crippen molar-refractivity contribution in [3.05, 3.63) is 63.4 Å². The maximum Gasteiger partial charge on any atom is 0.416 e. The molecule has 0 atom stereocenters. The Bertz CT molecular complexity index is 1100. The number of rotatable bonds is 6. The van der Waals surface area contributed by atoms with E-state index < -0.39 is 22.6 Å². The molecule has 12 heteroatoms. The maximum atomic E-state index is 12.9. The predicted octanol–water partition coefficient (Wildman–Crippen LogP) is 3.67. The largest absolute Gasteiger partial charge is 0.457 e. The van der Waals surface area contributed by atoms with E-state index in [0.717, 1.165) is 18.3 Å². The van der Waals surface area contributed by atoms with Crippen molar-refractivity contribution in [2.75, 3.05) is 6.61 Å². The minimum Gasteiger partial charge on any atom is -0.457 e. The summed E-state index contributed by atoms with van der Waals surface area (Å²) in [6.45, 7) is 2.94. The van der Waals surface area contributed by atoms with E-state index in [1.807, 2.05) is 0 Å². The third-order valence-electron chi connectivity index (χ3n) is 4.31. The van der Waals surface area contributed by atoms with Gasteiger partial charge in [0.2, 0.25) is 0 Å². The highest BCUT2D eigenvalue weighted by Gasteiger charge is 2.31. The van der Waals surface area contributed by atoms with Gasteiger partial charge in [-0.25, -0.2) is 19.3 Å². The van der Waals surface area contributed by atoms with Crippen molar-refractivity contribution in [3.63, 3.8) is 0 Å². The number of hydrogen-bond acceptors (Lipinski definition) is 6. The second-order valence-corrected chi connectivity index (χ2v) is 6.35. The molecule has 0 spiro atoms. The number of aromatic nitrogens is 4. The average molecular weight is 423 g/mol. The van der Waals surface area contributed by atoms with Gasteiger partial charge in [0.15, 0.2) is 11.5 Å². The van der Waals surface area contributed by atoms with Crippen LogP contribution in [0.2, 0.25) is 0 Å². The van der Waals surface area contributed by atoms with Gasteiger partial charge in [-0.15, -0.1) is 0 Å². The summed E-state index contributed by atoms with van der Waals surface area (Å²) in [6.07, 6.45) is -3.40. The lowest BCUT2D eigenvalue weighted by Gasteiger charge is -2.07. The Morgan fingerprint density at radius 3 is 2.73 bits per heavy atom. The van der Waals surface area contributed by atoms with Crippen LogP contribution in [-0.4, -0.2) is 37.0 Å². The van der Waals surface area contributed by atoms with E-state index in [0.29, 0.717) is 11.5 Å². The summed E-state index contributed by atoms with van der Waals surface area (Å²) < 4.78 is 45.1. The molecule has 0 aliphatic rings. The molecule has 0 fully saturated rings. The van der Waals surface area contributed by atoms with Crippen LogP contribution in [0.4, 0.5) is 19.0 Å². The van der Waals surface area contributed by atoms with Gasteiger partial charge in [-0.1, -0.05) is 12.1 Å². The van der Waals surface area contributed by atoms with Crippen LogP contribution in [0, 0.1) is 24.0 Å². The van der Waals surface area contributed by atoms with Crippen LogP contribution < -0.4 is 0 Å². The zero-order valence-electron chi connectivity index (χ0n) is 15.9. The number of aryl methyl sites for hydroxylation is 2. The topological polar surface area (TPSA) is 116 Å². The molecule has 0 saturated carbocycles. The molecule has 1 aromatic carbocycles. The van der Waals surface area contributed by atoms with E-state index in [1.54, 1.807) is 6.92 Å². The summed E-state index contributed by atoms with van der Waals surface area (Å²) in [4.78, 5) is 33.4. The third-order valence-corrected chi connectivity index (χ3v) is 4.31. The zero-order valence-corrected chi connectivity index (χ0v) is 15.9. The minimum atomic E-state index is -4.51. The second kappa shape index (κ2) is 7.97. The number of carbonyl (C=O) groups is 1. The fourth-order valence-electron chi connectivity index (χ4n) is 2.82. The first-order valence-electron chi connectivity index (χ1n) is 8.66. The number of nitro groups is 1. The number of benzene rings is 1. The molecule has 2 aromatic heterocycles. The average Bonchev–Trinajstić information content (AvgIpc) is 3.24. The molecule has 0 amide bonds. The first kappa shape index (κ1) is 21.0. The van der Waals surface area contributed by atoms with Gasteiger partial charge in [0, 0.05) is 18.2 Å². The third kappa shape index (κ3) is 4.31. The van der Waals surface area contributed by atoms with Gasteiger partial charge in [-0.3, -0.25) is 0 Å². The summed E-state index contributed by atoms with van der Waals surface area (Å²) in [5.74, 6) is -0.555. The molecular formula is C18H16F3N5O4. The first-order valence-corrected chi connectivity index (χ1v) is 8.66. The van der Waals surface area contributed by atoms with Crippen LogP contribution in [0.5, 0.6) is 0 Å². The lowest BCUT2D eigenvalue weighted by molar-refractivity contribution is -0.392. The van der Waals surface area contributed by atoms with Gasteiger partial charge >= 0.3 is 18.0 Å². The monoisotopic (exact) mass is 423 g/mol. The standard InChI is InChI=1S/C18H16F3N5O4/c1-10-15(17(27)30-7-6-25-11(2)22-9-14(25)26(28)29)24-16(23-10)12-4-3-5-13(8-12)18(19,20)21/h3-5,8-9H,6-7H2,1-2H3,(H,23,24). The van der Waals surface area contributed by atoms with Crippen LogP contribution in [0.15, 0.2) is 30.5 Å². The number of aromatic amines is 1. The molecule has 0 unspecified atom stereocenters. The number of nitrogens with one attached hydrogen (secondary N) is 1. The Morgan fingerprint density at radius 2 is 2.07 bits per heavy atom. The molecule has 0 aliphatic carbocycles. The van der Waals surface area contributed by atoms with Crippen molar-refractivity contribution < 1.29 is 27.6 Å². The molecule has 3 aromatic rings. The summed E-state index contributed by atoms with van der Waals surface area (Å²) in [7, 11) is 0. The molecule has 0 radical (unpaired) electrons. The number of halogens is 3. The Hall–Kier alpha value is -3.70. The quantitative estimate of drug-likeness (QED) is 0.367. The van der Waals surface area contributed by atoms with Gasteiger partial charge < -0.3 is 19.8 Å². The number of hydrogen-bond donors (Lipinski definition) is 1. The van der Waals surface area contributed by atoms with E-state index in [4.69, 9.17) is 4.74 Å². The fourth-order valence-corrected chi connectivity index (χ4v) is 2.82. The molecule has 1 N–H and O–H groups in total. The Labute approximate surface area is 167 Å². The Kier molecular flexibility index (Phi) is 5.58. The first-order chi connectivity index (χ1) is 14.1. The smallest absolute Gasteiger partial charge is 0.416 e. The number of nitrogens with zero attached hydrogens (tertiary/aromatic N) is 4. The molecule has 0 bridgehead atoms. The summed E-state index contributed by atoms with van der Waals surface area (Å²) in [5, 5.41) is 11.0. The second-order valence-electron chi connectivity index (χ2n) is 6.35. The highest BCUT2D eigenvalue weighted by Crippen LogP contribution is 2.31. The lowest BCUT2D eigenvalue weighted by atomic mass is 10.1. The number of imidazole rings is 2. The van der Waals surface area contributed by atoms with E-state index >= 15 is 0 Å². The molecule has 9 nitrogen and oxygen atoms in total. The van der Waals surface area contributed by atoms with Crippen molar-refractivity contribution in [3.8, 4) is 11.4 Å². The van der Waals surface area contributed by atoms with Gasteiger partial charge in [0.1, 0.15) is 25.2 Å². The SMILES string of the molecule is Cc1[nH]c(-c2cccc(C(F)(F)F)c2)nc1C(=O)OCCn1c([N+](=O)[O-])cnc1C. The lowest BCUT2D eigenvalue weighted by Crippen LogP contribution is -2.14. The summed E-state index contributed by atoms with van der Waals surface area (Å²) in [5.41, 5.74) is -0.441. The molecule has 0 saturated heterocycles. The highest BCUT2D eigenvalue weighted by molar-refractivity contribution is 5.89. The van der Waals surface area contributed by atoms with E-state index in [1.165, 1.54) is 23.6 Å². The van der Waals surface area contributed by atoms with E-state index in [2.05, 4.69) is 15.0 Å². The normalized spacial score (nSPS) is 11.5. The maximum absolute atomic E-state index is 12.9. The number of carbonyl (C=O) groups excluding carboxylic acids is 1. The van der Waals surface area contributed by atoms with Crippen LogP contribution in [0.25, 0.3) is 11.4 Å². The Balaban J connectivity index is 1.72. The molecule has 2 heterocycles. The molecule has 158 valence electrons. The van der Waals surface area contributed by atoms with Gasteiger partial charge in [0.05, 0.1) is 5.56 Å². The van der Waals surface area contributed by atoms with Crippen molar-refractivity contribution >= 4 is 11.8 Å². The van der Waals surface area contributed by atoms with Crippen LogP contribution >= 0.6 is 0 Å². The molecular weight excluding hydrogens is 407 g/mol. The number of esters is 1. The van der Waals surface area contributed by atoms with Crippen LogP contribution in [0.3, 0.4) is 0 Å². The predicted molar refractivity (Wildman–Crippen MR) is 97.7 cm³/mol. The van der Waals surface area contributed by atoms with E-state index in [9.17, 15) is 28.1 Å². The Morgan fingerprint density at radius 1 is 1.33 bits per heavy atom. The van der Waals surface area contributed by atoms with E-state index in [-0.39, 0.29) is 36.1 Å². The molecule has 3 rings (SSSR count). The number of ether oxygens (including phenoxy) is 1. The van der Waals surface area contributed by atoms with Crippen molar-refractivity contribution in [1.82, 2.24) is 19.5 Å². The summed E-state index contributed by atoms with van der Waals surface area (Å²) in [6, 6.07) is 4.54. The fraction of sp³-hybridized carbons (Fsp3) is 0.278. The van der Waals surface area contributed by atoms with Crippen LogP contribution in [-0.2, 0) is 17.5 Å². The number of H-pyrrole nitrogens is 1. The van der Waals surface area contributed by atoms with Gasteiger partial charge in [0.25, 0.3) is 0 Å². The van der Waals surface area contributed by atoms with Crippen molar-refractivity contribution in [1.29, 1.82) is 0 Å². The highest BCUT2D eigenvalue weighted by atomic mass is 19.4. The van der Waals surface area contributed by atoms with Crippen LogP contribution in [0.1, 0.15) is 27.6 Å². The van der Waals surface area contributed by atoms with Gasteiger partial charge in [-0.2, -0.15) is 13.2 Å². The number of alkyl halides is 3. The van der Waals surface area contributed by atoms with Gasteiger partial charge in [-0.05, 0) is 24.0 Å². The summed E-state index contributed by atoms with van der Waals surface area (Å²) >= 11 is 0.